The van der Waals surface area contributed by atoms with Gasteiger partial charge < -0.3 is 10.2 Å². The Kier molecular flexibility index (Phi) is 6.68. The van der Waals surface area contributed by atoms with Crippen LogP contribution in [-0.2, 0) is 4.79 Å². The van der Waals surface area contributed by atoms with Crippen molar-refractivity contribution in [1.82, 2.24) is 14.9 Å². The van der Waals surface area contributed by atoms with Gasteiger partial charge in [-0.3, -0.25) is 9.59 Å². The summed E-state index contributed by atoms with van der Waals surface area (Å²) >= 11 is 6.41. The van der Waals surface area contributed by atoms with Gasteiger partial charge in [-0.05, 0) is 68.7 Å². The zero-order valence-corrected chi connectivity index (χ0v) is 20.4. The largest absolute Gasteiger partial charge is 0.342 e. The van der Waals surface area contributed by atoms with Gasteiger partial charge in [0.25, 0.3) is 5.91 Å². The van der Waals surface area contributed by atoms with Crippen molar-refractivity contribution in [2.24, 2.45) is 5.92 Å². The summed E-state index contributed by atoms with van der Waals surface area (Å²) < 4.78 is 0. The van der Waals surface area contributed by atoms with Crippen molar-refractivity contribution in [2.45, 2.75) is 64.2 Å². The Morgan fingerprint density at radius 3 is 2.38 bits per heavy atom. The fourth-order valence-corrected chi connectivity index (χ4v) is 5.22. The lowest BCUT2D eigenvalue weighted by molar-refractivity contribution is -0.135. The first-order valence-corrected chi connectivity index (χ1v) is 12.8. The molecule has 1 aliphatic heterocycles. The van der Waals surface area contributed by atoms with E-state index in [0.29, 0.717) is 28.1 Å². The average Bonchev–Trinajstić information content (AvgIpc) is 3.55. The topological polar surface area (TPSA) is 75.2 Å². The van der Waals surface area contributed by atoms with Gasteiger partial charge in [0.15, 0.2) is 0 Å². The summed E-state index contributed by atoms with van der Waals surface area (Å²) in [6, 6.07) is 3.71. The summed E-state index contributed by atoms with van der Waals surface area (Å²) in [5, 5.41) is 3.55. The van der Waals surface area contributed by atoms with E-state index in [-0.39, 0.29) is 11.8 Å². The molecule has 2 heterocycles. The maximum absolute atomic E-state index is 12.8. The van der Waals surface area contributed by atoms with Crippen molar-refractivity contribution in [1.29, 1.82) is 0 Å². The number of nitrogens with one attached hydrogen (secondary N) is 1. The van der Waals surface area contributed by atoms with Gasteiger partial charge in [0.1, 0.15) is 5.82 Å². The molecule has 3 aliphatic rings. The molecule has 178 valence electrons. The van der Waals surface area contributed by atoms with Crippen LogP contribution in [0.15, 0.2) is 30.1 Å². The number of carbonyl (C=O) groups is 2. The fourth-order valence-electron chi connectivity index (χ4n) is 4.99. The number of piperidine rings is 1. The van der Waals surface area contributed by atoms with Crippen LogP contribution >= 0.6 is 11.6 Å². The van der Waals surface area contributed by atoms with E-state index in [1.54, 1.807) is 18.5 Å². The van der Waals surface area contributed by atoms with Gasteiger partial charge in [-0.1, -0.05) is 36.1 Å². The molecule has 2 aromatic rings. The van der Waals surface area contributed by atoms with Crippen molar-refractivity contribution >= 4 is 35.2 Å². The van der Waals surface area contributed by atoms with Crippen molar-refractivity contribution < 1.29 is 9.59 Å². The number of rotatable bonds is 5. The van der Waals surface area contributed by atoms with Crippen LogP contribution in [0.25, 0.3) is 6.08 Å². The molecule has 3 fully saturated rings. The molecule has 1 aromatic carbocycles. The van der Waals surface area contributed by atoms with Crippen LogP contribution in [0.4, 0.5) is 5.69 Å². The molecule has 0 unspecified atom stereocenters. The van der Waals surface area contributed by atoms with E-state index >= 15 is 0 Å². The van der Waals surface area contributed by atoms with Gasteiger partial charge in [-0.25, -0.2) is 9.97 Å². The minimum Gasteiger partial charge on any atom is -0.342 e. The predicted molar refractivity (Wildman–Crippen MR) is 134 cm³/mol. The van der Waals surface area contributed by atoms with Gasteiger partial charge in [0, 0.05) is 48.0 Å². The van der Waals surface area contributed by atoms with Crippen LogP contribution in [-0.4, -0.2) is 39.8 Å². The average molecular weight is 479 g/mol. The second-order valence-corrected chi connectivity index (χ2v) is 10.3. The van der Waals surface area contributed by atoms with E-state index in [1.165, 1.54) is 18.4 Å². The second kappa shape index (κ2) is 9.87. The Morgan fingerprint density at radius 1 is 1.06 bits per heavy atom. The Hall–Kier alpha value is -2.73. The molecular weight excluding hydrogens is 448 g/mol. The number of hydrogen-bond donors (Lipinski definition) is 1. The first kappa shape index (κ1) is 23.0. The Labute approximate surface area is 205 Å². The van der Waals surface area contributed by atoms with Gasteiger partial charge in [0.05, 0.1) is 5.56 Å². The molecular formula is C27H31ClN4O2. The number of halogens is 1. The lowest BCUT2D eigenvalue weighted by atomic mass is 9.96. The molecule has 1 saturated heterocycles. The number of anilines is 1. The number of nitrogens with zero attached hydrogens (tertiary/aromatic N) is 3. The maximum atomic E-state index is 12.8. The van der Waals surface area contributed by atoms with E-state index < -0.39 is 0 Å². The van der Waals surface area contributed by atoms with E-state index in [1.807, 2.05) is 17.9 Å². The van der Waals surface area contributed by atoms with Crippen LogP contribution in [0.3, 0.4) is 0 Å². The maximum Gasteiger partial charge on any atom is 0.258 e. The number of aromatic nitrogens is 2. The molecule has 0 atom stereocenters. The molecule has 0 spiro atoms. The third kappa shape index (κ3) is 5.17. The minimum absolute atomic E-state index is 0.238. The molecule has 0 radical (unpaired) electrons. The van der Waals surface area contributed by atoms with Crippen LogP contribution in [0.1, 0.15) is 84.6 Å². The van der Waals surface area contributed by atoms with E-state index in [2.05, 4.69) is 21.4 Å². The first-order valence-electron chi connectivity index (χ1n) is 12.4. The van der Waals surface area contributed by atoms with Crippen LogP contribution in [0.2, 0.25) is 5.02 Å². The highest BCUT2D eigenvalue weighted by Gasteiger charge is 2.29. The SMILES string of the molecule is Cc1c(C=C2CCN(C(=O)C3CCCC3)CC2)cc(Cl)cc1NC(=O)c1cnc(C2CC2)nc1. The lowest BCUT2D eigenvalue weighted by Crippen LogP contribution is -2.39. The summed E-state index contributed by atoms with van der Waals surface area (Å²) in [6.45, 7) is 3.55. The number of amides is 2. The van der Waals surface area contributed by atoms with Crippen LogP contribution in [0.5, 0.6) is 0 Å². The molecule has 7 heteroatoms. The van der Waals surface area contributed by atoms with Crippen molar-refractivity contribution in [3.05, 3.63) is 57.6 Å². The molecule has 6 nitrogen and oxygen atoms in total. The highest BCUT2D eigenvalue weighted by Crippen LogP contribution is 2.37. The highest BCUT2D eigenvalue weighted by atomic mass is 35.5. The summed E-state index contributed by atoms with van der Waals surface area (Å²) in [4.78, 5) is 36.3. The third-order valence-electron chi connectivity index (χ3n) is 7.32. The standard InChI is InChI=1S/C27H31ClN4O2/c1-17-21(12-18-8-10-32(11-9-18)27(34)20-4-2-3-5-20)13-23(28)14-24(17)31-26(33)22-15-29-25(30-16-22)19-6-7-19/h12-16,19-20H,2-11H2,1H3,(H,31,33). The molecule has 5 rings (SSSR count). The first-order chi connectivity index (χ1) is 16.5. The summed E-state index contributed by atoms with van der Waals surface area (Å²) in [6.07, 6.45) is 13.8. The smallest absolute Gasteiger partial charge is 0.258 e. The zero-order valence-electron chi connectivity index (χ0n) is 19.6. The van der Waals surface area contributed by atoms with Gasteiger partial charge in [0.2, 0.25) is 5.91 Å². The van der Waals surface area contributed by atoms with Gasteiger partial charge >= 0.3 is 0 Å². The van der Waals surface area contributed by atoms with Crippen molar-refractivity contribution in [3.63, 3.8) is 0 Å². The van der Waals surface area contributed by atoms with Crippen LogP contribution in [0, 0.1) is 12.8 Å². The number of likely N-dealkylation sites (tertiary alicyclic amines) is 1. The third-order valence-corrected chi connectivity index (χ3v) is 7.54. The van der Waals surface area contributed by atoms with Crippen molar-refractivity contribution in [2.75, 3.05) is 18.4 Å². The normalized spacial score (nSPS) is 18.8. The quantitative estimate of drug-likeness (QED) is 0.592. The monoisotopic (exact) mass is 478 g/mol. The molecule has 2 amide bonds. The summed E-state index contributed by atoms with van der Waals surface area (Å²) in [7, 11) is 0. The minimum atomic E-state index is -0.245. The fraction of sp³-hybridized carbons (Fsp3) is 0.481. The zero-order chi connectivity index (χ0) is 23.7. The van der Waals surface area contributed by atoms with E-state index in [0.717, 1.165) is 68.6 Å². The van der Waals surface area contributed by atoms with Crippen molar-refractivity contribution in [3.8, 4) is 0 Å². The number of hydrogen-bond acceptors (Lipinski definition) is 4. The summed E-state index contributed by atoms with van der Waals surface area (Å²) in [5.74, 6) is 1.61. The van der Waals surface area contributed by atoms with E-state index in [9.17, 15) is 9.59 Å². The van der Waals surface area contributed by atoms with Crippen LogP contribution < -0.4 is 5.32 Å². The Bertz CT molecular complexity index is 1110. The molecule has 1 aromatic heterocycles. The molecule has 0 bridgehead atoms. The molecule has 2 aliphatic carbocycles. The van der Waals surface area contributed by atoms with Gasteiger partial charge in [-0.15, -0.1) is 0 Å². The highest BCUT2D eigenvalue weighted by molar-refractivity contribution is 6.31. The molecule has 1 N–H and O–H groups in total. The summed E-state index contributed by atoms with van der Waals surface area (Å²) in [5.41, 5.74) is 4.38. The number of benzene rings is 1. The molecule has 34 heavy (non-hydrogen) atoms. The lowest BCUT2D eigenvalue weighted by Gasteiger charge is -2.30. The van der Waals surface area contributed by atoms with E-state index in [4.69, 9.17) is 11.6 Å². The second-order valence-electron chi connectivity index (χ2n) is 9.84. The molecule has 2 saturated carbocycles. The number of carbonyl (C=O) groups excluding carboxylic acids is 2. The Morgan fingerprint density at radius 2 is 1.74 bits per heavy atom. The Balaban J connectivity index is 1.26. The van der Waals surface area contributed by atoms with Gasteiger partial charge in [-0.2, -0.15) is 0 Å². The predicted octanol–water partition coefficient (Wildman–Crippen LogP) is 5.76.